The van der Waals surface area contributed by atoms with E-state index >= 15 is 0 Å². The number of hydrogen-bond donors (Lipinski definition) is 0. The van der Waals surface area contributed by atoms with Gasteiger partial charge in [-0.1, -0.05) is 13.8 Å². The van der Waals surface area contributed by atoms with Gasteiger partial charge < -0.3 is 9.64 Å². The van der Waals surface area contributed by atoms with Gasteiger partial charge in [-0.2, -0.15) is 8.61 Å². The SMILES string of the molecule is CCN(CC)S(=O)(=O)c1ccc(S(=O)(=O)N2CC3CC(C(=O)N4CCOCC4)(C3)C2)cc1. The summed E-state index contributed by atoms with van der Waals surface area (Å²) in [7, 11) is -7.49. The zero-order valence-corrected chi connectivity index (χ0v) is 20.2. The van der Waals surface area contributed by atoms with E-state index in [0.717, 1.165) is 12.8 Å². The fourth-order valence-corrected chi connectivity index (χ4v) is 8.23. The van der Waals surface area contributed by atoms with Crippen LogP contribution in [0.2, 0.25) is 0 Å². The summed E-state index contributed by atoms with van der Waals surface area (Å²) < 4.78 is 60.1. The smallest absolute Gasteiger partial charge is 0.243 e. The van der Waals surface area contributed by atoms with E-state index in [2.05, 4.69) is 0 Å². The van der Waals surface area contributed by atoms with E-state index in [1.54, 1.807) is 18.7 Å². The van der Waals surface area contributed by atoms with Crippen molar-refractivity contribution >= 4 is 26.0 Å². The van der Waals surface area contributed by atoms with Crippen molar-refractivity contribution < 1.29 is 26.4 Å². The normalized spacial score (nSPS) is 26.7. The number of benzene rings is 1. The average Bonchev–Trinajstić information content (AvgIpc) is 2.79. The van der Waals surface area contributed by atoms with Gasteiger partial charge in [-0.15, -0.1) is 0 Å². The van der Waals surface area contributed by atoms with E-state index in [4.69, 9.17) is 4.74 Å². The second-order valence-corrected chi connectivity index (χ2v) is 12.7. The summed E-state index contributed by atoms with van der Waals surface area (Å²) in [6.07, 6.45) is 1.44. The largest absolute Gasteiger partial charge is 0.378 e. The molecule has 3 aliphatic heterocycles. The quantitative estimate of drug-likeness (QED) is 0.570. The molecule has 0 radical (unpaired) electrons. The third-order valence-electron chi connectivity index (χ3n) is 6.86. The zero-order chi connectivity index (χ0) is 23.1. The molecule has 3 heterocycles. The third-order valence-corrected chi connectivity index (χ3v) is 10.7. The fourth-order valence-electron chi connectivity index (χ4n) is 5.17. The lowest BCUT2D eigenvalue weighted by Crippen LogP contribution is -2.64. The Morgan fingerprint density at radius 3 is 2.16 bits per heavy atom. The van der Waals surface area contributed by atoms with E-state index in [9.17, 15) is 21.6 Å². The molecule has 2 bridgehead atoms. The molecular formula is C21H31N3O6S2. The number of sulfonamides is 2. The van der Waals surface area contributed by atoms with Crippen molar-refractivity contribution in [3.63, 3.8) is 0 Å². The van der Waals surface area contributed by atoms with Crippen molar-refractivity contribution in [2.24, 2.45) is 11.3 Å². The van der Waals surface area contributed by atoms with Gasteiger partial charge in [0.15, 0.2) is 0 Å². The molecule has 32 heavy (non-hydrogen) atoms. The molecule has 1 aromatic carbocycles. The second-order valence-electron chi connectivity index (χ2n) is 8.82. The van der Waals surface area contributed by atoms with E-state index in [1.807, 2.05) is 0 Å². The average molecular weight is 486 g/mol. The molecule has 178 valence electrons. The number of morpholine rings is 1. The molecule has 1 amide bonds. The predicted molar refractivity (Wildman–Crippen MR) is 118 cm³/mol. The summed E-state index contributed by atoms with van der Waals surface area (Å²) >= 11 is 0. The molecule has 0 aromatic heterocycles. The van der Waals surface area contributed by atoms with Crippen LogP contribution in [0.4, 0.5) is 0 Å². The van der Waals surface area contributed by atoms with Gasteiger partial charge in [0.2, 0.25) is 26.0 Å². The number of ether oxygens (including phenoxy) is 1. The summed E-state index contributed by atoms with van der Waals surface area (Å²) in [5.74, 6) is 0.198. The van der Waals surface area contributed by atoms with Crippen molar-refractivity contribution in [2.45, 2.75) is 36.5 Å². The van der Waals surface area contributed by atoms with Crippen LogP contribution in [-0.4, -0.2) is 88.7 Å². The molecule has 1 saturated carbocycles. The highest BCUT2D eigenvalue weighted by Gasteiger charge is 2.58. The van der Waals surface area contributed by atoms with E-state index in [1.165, 1.54) is 32.9 Å². The van der Waals surface area contributed by atoms with Gasteiger partial charge in [0.05, 0.1) is 28.4 Å². The molecule has 5 rings (SSSR count). The van der Waals surface area contributed by atoms with Crippen molar-refractivity contribution in [1.29, 1.82) is 0 Å². The molecule has 1 aliphatic carbocycles. The Morgan fingerprint density at radius 1 is 1.03 bits per heavy atom. The lowest BCUT2D eigenvalue weighted by molar-refractivity contribution is -0.161. The molecule has 0 spiro atoms. The number of hydrogen-bond acceptors (Lipinski definition) is 6. The summed E-state index contributed by atoms with van der Waals surface area (Å²) in [6, 6.07) is 5.39. The van der Waals surface area contributed by atoms with Gasteiger partial charge in [0.1, 0.15) is 0 Å². The molecule has 0 N–H and O–H groups in total. The first kappa shape index (κ1) is 23.6. The standard InChI is InChI=1S/C21H31N3O6S2/c1-3-23(4-2)31(26,27)18-5-7-19(8-6-18)32(28,29)24-15-17-13-21(14-17,16-24)20(25)22-9-11-30-12-10-22/h5-8,17H,3-4,9-16H2,1-2H3. The molecule has 4 aliphatic rings. The van der Waals surface area contributed by atoms with Crippen LogP contribution in [0.1, 0.15) is 26.7 Å². The first-order valence-corrected chi connectivity index (χ1v) is 14.0. The van der Waals surface area contributed by atoms with Gasteiger partial charge in [0, 0.05) is 39.3 Å². The topological polar surface area (TPSA) is 104 Å². The number of fused-ring (bicyclic) bond motifs is 2. The summed E-state index contributed by atoms with van der Waals surface area (Å²) in [5.41, 5.74) is -0.653. The van der Waals surface area contributed by atoms with Crippen LogP contribution in [0.3, 0.4) is 0 Å². The minimum atomic E-state index is -3.83. The number of carbonyl (C=O) groups is 1. The molecule has 9 nitrogen and oxygen atoms in total. The monoisotopic (exact) mass is 485 g/mol. The Labute approximate surface area is 190 Å². The van der Waals surface area contributed by atoms with Crippen molar-refractivity contribution in [1.82, 2.24) is 13.5 Å². The van der Waals surface area contributed by atoms with E-state index in [0.29, 0.717) is 45.9 Å². The molecule has 0 unspecified atom stereocenters. The van der Waals surface area contributed by atoms with Gasteiger partial charge in [-0.25, -0.2) is 16.8 Å². The Kier molecular flexibility index (Phi) is 6.40. The Bertz CT molecular complexity index is 1060. The maximum atomic E-state index is 13.3. The van der Waals surface area contributed by atoms with E-state index in [-0.39, 0.29) is 28.2 Å². The van der Waals surface area contributed by atoms with Gasteiger partial charge in [0.25, 0.3) is 0 Å². The zero-order valence-electron chi connectivity index (χ0n) is 18.6. The van der Waals surface area contributed by atoms with Crippen LogP contribution < -0.4 is 0 Å². The minimum absolute atomic E-state index is 0.0256. The van der Waals surface area contributed by atoms with Crippen LogP contribution in [0, 0.1) is 11.3 Å². The van der Waals surface area contributed by atoms with Crippen LogP contribution in [0.25, 0.3) is 0 Å². The Morgan fingerprint density at radius 2 is 1.59 bits per heavy atom. The van der Waals surface area contributed by atoms with Gasteiger partial charge >= 0.3 is 0 Å². The van der Waals surface area contributed by atoms with Crippen molar-refractivity contribution in [3.05, 3.63) is 24.3 Å². The maximum Gasteiger partial charge on any atom is 0.243 e. The maximum absolute atomic E-state index is 13.3. The summed E-state index contributed by atoms with van der Waals surface area (Å²) in [4.78, 5) is 15.1. The van der Waals surface area contributed by atoms with Crippen molar-refractivity contribution in [2.75, 3.05) is 52.5 Å². The van der Waals surface area contributed by atoms with Crippen LogP contribution in [-0.2, 0) is 29.6 Å². The number of carbonyl (C=O) groups excluding carboxylic acids is 1. The van der Waals surface area contributed by atoms with Crippen LogP contribution in [0.15, 0.2) is 34.1 Å². The number of rotatable bonds is 7. The Hall–Kier alpha value is -1.53. The highest BCUT2D eigenvalue weighted by molar-refractivity contribution is 7.89. The molecule has 0 atom stereocenters. The number of nitrogens with zero attached hydrogens (tertiary/aromatic N) is 3. The van der Waals surface area contributed by atoms with Crippen LogP contribution >= 0.6 is 0 Å². The second kappa shape index (κ2) is 8.68. The minimum Gasteiger partial charge on any atom is -0.378 e. The molecule has 11 heteroatoms. The Balaban J connectivity index is 1.53. The predicted octanol–water partition coefficient (Wildman–Crippen LogP) is 0.977. The summed E-state index contributed by atoms with van der Waals surface area (Å²) in [5, 5.41) is 0. The first-order chi connectivity index (χ1) is 15.1. The summed E-state index contributed by atoms with van der Waals surface area (Å²) in [6.45, 7) is 6.86. The molecule has 3 saturated heterocycles. The third kappa shape index (κ3) is 3.98. The number of amides is 1. The van der Waals surface area contributed by atoms with Crippen LogP contribution in [0.5, 0.6) is 0 Å². The molecular weight excluding hydrogens is 454 g/mol. The first-order valence-electron chi connectivity index (χ1n) is 11.1. The van der Waals surface area contributed by atoms with Gasteiger partial charge in [-0.05, 0) is 43.0 Å². The highest BCUT2D eigenvalue weighted by atomic mass is 32.2. The van der Waals surface area contributed by atoms with E-state index < -0.39 is 25.5 Å². The number of piperidine rings is 2. The van der Waals surface area contributed by atoms with Crippen molar-refractivity contribution in [3.8, 4) is 0 Å². The lowest BCUT2D eigenvalue weighted by atomic mass is 9.58. The fraction of sp³-hybridized carbons (Fsp3) is 0.667. The highest BCUT2D eigenvalue weighted by Crippen LogP contribution is 2.52. The van der Waals surface area contributed by atoms with Gasteiger partial charge in [-0.3, -0.25) is 4.79 Å². The molecule has 4 fully saturated rings. The molecule has 1 aromatic rings. The lowest BCUT2D eigenvalue weighted by Gasteiger charge is -2.55.